The number of aryl methyl sites for hydroxylation is 2. The number of nitrogens with zero attached hydrogens (tertiary/aromatic N) is 4. The number of ether oxygens (including phenoxy) is 1. The van der Waals surface area contributed by atoms with Gasteiger partial charge in [0.2, 0.25) is 18.2 Å². The van der Waals surface area contributed by atoms with Crippen molar-refractivity contribution >= 4 is 22.6 Å². The van der Waals surface area contributed by atoms with Crippen LogP contribution in [0, 0.1) is 5.92 Å². The van der Waals surface area contributed by atoms with E-state index in [9.17, 15) is 14.7 Å². The summed E-state index contributed by atoms with van der Waals surface area (Å²) < 4.78 is 5.00. The average molecular weight is 809 g/mol. The Morgan fingerprint density at radius 3 is 2.47 bits per heavy atom. The first-order chi connectivity index (χ1) is 29.1. The minimum absolute atomic E-state index is 0.0482. The molecule has 1 fully saturated rings. The number of aliphatic hydroxyl groups is 1. The number of benzene rings is 4. The Balaban J connectivity index is 0.969. The number of carbonyl (C=O) groups excluding carboxylic acids is 2. The smallest absolute Gasteiger partial charge is 0.244 e. The number of nitrogens with one attached hydrogen (secondary N) is 3. The van der Waals surface area contributed by atoms with Crippen molar-refractivity contribution in [3.8, 4) is 33.6 Å². The molecule has 1 aliphatic carbocycles. The summed E-state index contributed by atoms with van der Waals surface area (Å²) in [7, 11) is 1.40. The zero-order valence-corrected chi connectivity index (χ0v) is 34.9. The van der Waals surface area contributed by atoms with E-state index in [2.05, 4.69) is 76.8 Å². The molecule has 0 bridgehead atoms. The van der Waals surface area contributed by atoms with Gasteiger partial charge in [-0.05, 0) is 83.2 Å². The maximum Gasteiger partial charge on any atom is 0.244 e. The Kier molecular flexibility index (Phi) is 12.3. The van der Waals surface area contributed by atoms with Crippen LogP contribution in [0.25, 0.3) is 44.4 Å². The summed E-state index contributed by atoms with van der Waals surface area (Å²) in [5.41, 5.74) is 15.9. The van der Waals surface area contributed by atoms with Crippen molar-refractivity contribution in [2.75, 3.05) is 20.2 Å². The molecule has 6 N–H and O–H groups in total. The van der Waals surface area contributed by atoms with Crippen molar-refractivity contribution in [2.45, 2.75) is 90.4 Å². The van der Waals surface area contributed by atoms with Crippen LogP contribution >= 0.6 is 0 Å². The summed E-state index contributed by atoms with van der Waals surface area (Å²) in [5, 5.41) is 15.3. The monoisotopic (exact) mass is 808 g/mol. The number of amides is 2. The number of fused-ring (bicyclic) bond motifs is 4. The van der Waals surface area contributed by atoms with Gasteiger partial charge in [0.15, 0.2) is 0 Å². The van der Waals surface area contributed by atoms with Gasteiger partial charge in [0.05, 0.1) is 36.2 Å². The van der Waals surface area contributed by atoms with Gasteiger partial charge in [-0.15, -0.1) is 0 Å². The number of unbranched alkanes of at least 4 members (excludes halogenated alkanes) is 1. The topological polar surface area (TPSA) is 165 Å². The molecule has 6 aromatic rings. The predicted molar refractivity (Wildman–Crippen MR) is 234 cm³/mol. The van der Waals surface area contributed by atoms with E-state index in [0.717, 1.165) is 106 Å². The molecule has 3 heterocycles. The van der Waals surface area contributed by atoms with Gasteiger partial charge in [0.1, 0.15) is 17.7 Å². The Hall–Kier alpha value is -5.66. The second-order valence-electron chi connectivity index (χ2n) is 16.5. The molecule has 4 aromatic carbocycles. The van der Waals surface area contributed by atoms with Crippen LogP contribution in [0.4, 0.5) is 0 Å². The van der Waals surface area contributed by atoms with E-state index in [0.29, 0.717) is 19.6 Å². The lowest BCUT2D eigenvalue weighted by molar-refractivity contribution is -0.144. The number of aromatic amines is 2. The Morgan fingerprint density at radius 1 is 0.983 bits per heavy atom. The van der Waals surface area contributed by atoms with Crippen LogP contribution in [-0.4, -0.2) is 79.3 Å². The van der Waals surface area contributed by atoms with Crippen LogP contribution in [0.3, 0.4) is 0 Å². The standard InChI is InChI=1S/C48H56N8O4/c1-5-6-22-55(47(58)43(29(2)3)54-48(59)60-4)28-41-51-38-21-19-35-25-34(18-20-37(35)44(38)53-41)31-14-15-33-26-36(17-16-32(33)24-31)39-27-50-45(52-39)40-13-10-23-56(40)46(57)42(49)30-11-8-7-9-12-30/h7-9,11-12,14-18,20,24-27,29,40,42-43,48,54,59H,5-6,10,13,19,21-23,28,49H2,1-4H3,(H,50,52)(H,51,53). The van der Waals surface area contributed by atoms with Crippen molar-refractivity contribution in [3.05, 3.63) is 120 Å². The van der Waals surface area contributed by atoms with E-state index in [1.165, 1.54) is 12.7 Å². The molecule has 12 nitrogen and oxygen atoms in total. The highest BCUT2D eigenvalue weighted by Gasteiger charge is 2.35. The number of aliphatic hydroxyl groups excluding tert-OH is 1. The molecule has 312 valence electrons. The van der Waals surface area contributed by atoms with Gasteiger partial charge in [0, 0.05) is 37.0 Å². The fraction of sp³-hybridized carbons (Fsp3) is 0.375. The van der Waals surface area contributed by atoms with E-state index in [1.54, 1.807) is 0 Å². The number of nitrogens with two attached hydrogens (primary N) is 1. The first-order valence-electron chi connectivity index (χ1n) is 21.3. The summed E-state index contributed by atoms with van der Waals surface area (Å²) in [6.45, 7) is 7.64. The third-order valence-corrected chi connectivity index (χ3v) is 12.1. The largest absolute Gasteiger partial charge is 0.356 e. The SMILES string of the molecule is CCCCN(Cc1nc2c([nH]1)CCc1cc(-c3ccc4cc(-c5cnc(C6CCCN6C(=O)C(N)c6ccccc6)[nH]5)ccc4c3)ccc1-2)C(=O)C(NC(O)OC)C(C)C. The molecule has 0 spiro atoms. The predicted octanol–water partition coefficient (Wildman–Crippen LogP) is 7.41. The van der Waals surface area contributed by atoms with Gasteiger partial charge < -0.3 is 35.3 Å². The van der Waals surface area contributed by atoms with E-state index < -0.39 is 18.5 Å². The minimum atomic E-state index is -1.23. The normalized spacial score (nSPS) is 16.4. The first kappa shape index (κ1) is 41.1. The molecule has 0 radical (unpaired) electrons. The highest BCUT2D eigenvalue weighted by molar-refractivity contribution is 5.91. The van der Waals surface area contributed by atoms with E-state index >= 15 is 0 Å². The second kappa shape index (κ2) is 17.9. The van der Waals surface area contributed by atoms with Crippen LogP contribution in [0.5, 0.6) is 0 Å². The van der Waals surface area contributed by atoms with Crippen LogP contribution in [-0.2, 0) is 33.7 Å². The van der Waals surface area contributed by atoms with Crippen LogP contribution < -0.4 is 11.1 Å². The van der Waals surface area contributed by atoms with Gasteiger partial charge in [0.25, 0.3) is 0 Å². The van der Waals surface area contributed by atoms with Crippen molar-refractivity contribution in [3.63, 3.8) is 0 Å². The number of carbonyl (C=O) groups is 2. The zero-order valence-electron chi connectivity index (χ0n) is 34.9. The Morgan fingerprint density at radius 2 is 1.72 bits per heavy atom. The number of methoxy groups -OCH3 is 1. The number of H-pyrrole nitrogens is 2. The number of hydrogen-bond acceptors (Lipinski definition) is 8. The molecule has 1 aliphatic heterocycles. The van der Waals surface area contributed by atoms with Crippen LogP contribution in [0.15, 0.2) is 91.1 Å². The maximum atomic E-state index is 13.8. The average Bonchev–Trinajstić information content (AvgIpc) is 4.06. The molecule has 0 saturated carbocycles. The molecule has 2 aliphatic rings. The lowest BCUT2D eigenvalue weighted by Crippen LogP contribution is -2.53. The summed E-state index contributed by atoms with van der Waals surface area (Å²) in [6, 6.07) is 27.8. The van der Waals surface area contributed by atoms with Gasteiger partial charge >= 0.3 is 0 Å². The van der Waals surface area contributed by atoms with E-state index in [-0.39, 0.29) is 23.8 Å². The molecule has 8 rings (SSSR count). The number of hydrogen-bond donors (Lipinski definition) is 5. The first-order valence-corrected chi connectivity index (χ1v) is 21.3. The summed E-state index contributed by atoms with van der Waals surface area (Å²) >= 11 is 0. The van der Waals surface area contributed by atoms with Crippen molar-refractivity contribution in [1.82, 2.24) is 35.1 Å². The zero-order chi connectivity index (χ0) is 41.9. The highest BCUT2D eigenvalue weighted by atomic mass is 16.6. The number of likely N-dealkylation sites (tertiary alicyclic amines) is 1. The third-order valence-electron chi connectivity index (χ3n) is 12.1. The third kappa shape index (κ3) is 8.51. The van der Waals surface area contributed by atoms with Crippen molar-refractivity contribution in [2.24, 2.45) is 11.7 Å². The molecule has 4 unspecified atom stereocenters. The van der Waals surface area contributed by atoms with E-state index in [4.69, 9.17) is 20.4 Å². The Bertz CT molecular complexity index is 2460. The van der Waals surface area contributed by atoms with Crippen molar-refractivity contribution < 1.29 is 19.4 Å². The maximum absolute atomic E-state index is 13.8. The molecule has 2 aromatic heterocycles. The number of imidazole rings is 2. The molecule has 60 heavy (non-hydrogen) atoms. The van der Waals surface area contributed by atoms with Gasteiger partial charge in [-0.1, -0.05) is 100.0 Å². The van der Waals surface area contributed by atoms with Gasteiger partial charge in [-0.2, -0.15) is 0 Å². The number of aromatic nitrogens is 4. The minimum Gasteiger partial charge on any atom is -0.356 e. The van der Waals surface area contributed by atoms with Crippen LogP contribution in [0.1, 0.15) is 87.0 Å². The van der Waals surface area contributed by atoms with Crippen molar-refractivity contribution in [1.29, 1.82) is 0 Å². The lowest BCUT2D eigenvalue weighted by atomic mass is 9.89. The Labute approximate surface area is 351 Å². The van der Waals surface area contributed by atoms with Crippen LogP contribution in [0.2, 0.25) is 0 Å². The summed E-state index contributed by atoms with van der Waals surface area (Å²) in [5.74, 6) is 1.34. The van der Waals surface area contributed by atoms with Gasteiger partial charge in [-0.25, -0.2) is 9.97 Å². The molecule has 4 atom stereocenters. The second-order valence-corrected chi connectivity index (χ2v) is 16.5. The quantitative estimate of drug-likeness (QED) is 0.0670. The fourth-order valence-electron chi connectivity index (χ4n) is 8.72. The fourth-order valence-corrected chi connectivity index (χ4v) is 8.72. The molecular weight excluding hydrogens is 753 g/mol. The summed E-state index contributed by atoms with van der Waals surface area (Å²) in [6.07, 6.45) is 5.93. The molecule has 2 amide bonds. The highest BCUT2D eigenvalue weighted by Crippen LogP contribution is 2.37. The van der Waals surface area contributed by atoms with Gasteiger partial charge in [-0.3, -0.25) is 14.9 Å². The summed E-state index contributed by atoms with van der Waals surface area (Å²) in [4.78, 5) is 47.9. The lowest BCUT2D eigenvalue weighted by Gasteiger charge is -2.30. The van der Waals surface area contributed by atoms with E-state index in [1.807, 2.05) is 60.2 Å². The molecular formula is C48H56N8O4. The molecule has 1 saturated heterocycles. The number of rotatable bonds is 15. The molecule has 12 heteroatoms.